The molecule has 2 aromatic heterocycles. The van der Waals surface area contributed by atoms with Gasteiger partial charge < -0.3 is 49.7 Å². The number of carbonyl (C=O) groups excluding carboxylic acids is 3. The first kappa shape index (κ1) is 48.8. The van der Waals surface area contributed by atoms with Crippen molar-refractivity contribution >= 4 is 45.8 Å². The molecule has 8 atom stereocenters. The van der Waals surface area contributed by atoms with E-state index >= 15 is 0 Å². The summed E-state index contributed by atoms with van der Waals surface area (Å²) in [6, 6.07) is 12.3. The molecule has 5 N–H and O–H groups in total. The lowest BCUT2D eigenvalue weighted by Gasteiger charge is -2.33. The fraction of sp³-hybridized carbons (Fsp3) is 0.529. The first-order valence-electron chi connectivity index (χ1n) is 23.8. The van der Waals surface area contributed by atoms with E-state index in [-0.39, 0.29) is 47.7 Å². The number of carbonyl (C=O) groups is 4. The number of ether oxygens (including phenoxy) is 3. The van der Waals surface area contributed by atoms with E-state index in [9.17, 15) is 24.3 Å². The minimum absolute atomic E-state index is 0.0609. The van der Waals surface area contributed by atoms with Gasteiger partial charge in [0, 0.05) is 36.6 Å². The summed E-state index contributed by atoms with van der Waals surface area (Å²) in [5.74, 6) is 2.35. The molecule has 4 amide bonds. The molecule has 3 aliphatic rings. The molecule has 0 aliphatic carbocycles. The third kappa shape index (κ3) is 10.2. The van der Waals surface area contributed by atoms with Crippen LogP contribution in [-0.4, -0.2) is 104 Å². The lowest BCUT2D eigenvalue weighted by atomic mass is 9.92. The summed E-state index contributed by atoms with van der Waals surface area (Å²) in [5.41, 5.74) is 6.43. The van der Waals surface area contributed by atoms with Crippen LogP contribution >= 0.6 is 0 Å². The van der Waals surface area contributed by atoms with Crippen LogP contribution in [0.15, 0.2) is 48.7 Å². The molecule has 0 bridgehead atoms. The first-order valence-corrected chi connectivity index (χ1v) is 23.8. The summed E-state index contributed by atoms with van der Waals surface area (Å²) in [6.07, 6.45) is 3.45. The number of nitrogens with one attached hydrogen (secondary N) is 4. The Balaban J connectivity index is 0.00000160. The highest BCUT2D eigenvalue weighted by atomic mass is 16.5. The maximum absolute atomic E-state index is 14.2. The van der Waals surface area contributed by atoms with Crippen molar-refractivity contribution in [2.24, 2.45) is 23.7 Å². The van der Waals surface area contributed by atoms with Gasteiger partial charge in [-0.1, -0.05) is 79.5 Å². The molecule has 5 heterocycles. The highest BCUT2D eigenvalue weighted by Gasteiger charge is 2.43. The Hall–Kier alpha value is -6.16. The number of rotatable bonds is 13. The van der Waals surface area contributed by atoms with Gasteiger partial charge in [-0.15, -0.1) is 0 Å². The van der Waals surface area contributed by atoms with Gasteiger partial charge in [0.05, 0.1) is 48.7 Å². The Morgan fingerprint density at radius 1 is 0.881 bits per heavy atom. The molecule has 3 aromatic carbocycles. The van der Waals surface area contributed by atoms with Crippen molar-refractivity contribution in [1.29, 1.82) is 0 Å². The quantitative estimate of drug-likeness (QED) is 0.0757. The van der Waals surface area contributed by atoms with E-state index in [2.05, 4.69) is 71.7 Å². The van der Waals surface area contributed by atoms with E-state index in [4.69, 9.17) is 24.2 Å². The van der Waals surface area contributed by atoms with E-state index in [1.54, 1.807) is 18.2 Å². The number of nitrogens with zero attached hydrogens (tertiary/aromatic N) is 4. The monoisotopic (exact) mass is 921 g/mol. The second kappa shape index (κ2) is 20.8. The highest BCUT2D eigenvalue weighted by Crippen LogP contribution is 2.44. The number of H-pyrrole nitrogens is 2. The molecule has 3 aliphatic heterocycles. The molecule has 2 fully saturated rings. The molecule has 16 nitrogen and oxygen atoms in total. The summed E-state index contributed by atoms with van der Waals surface area (Å²) in [6.45, 7) is 17.6. The molecular weight excluding hydrogens is 853 g/mol. The molecule has 5 aromatic rings. The minimum atomic E-state index is -1.21. The summed E-state index contributed by atoms with van der Waals surface area (Å²) in [4.78, 5) is 72.6. The van der Waals surface area contributed by atoms with Crippen LogP contribution < -0.4 is 15.4 Å². The Labute approximate surface area is 392 Å². The van der Waals surface area contributed by atoms with Gasteiger partial charge in [-0.25, -0.2) is 19.6 Å². The standard InChI is InChI=1S/C47H58N8O8.C4H10/c1-8-24(3)39(53-47(60)62-7)44(56)54-21-27(22-61-6)16-37(54)43-49-34-14-12-28-18-33-31-13-11-29(17-30(31)23-63-38(33)19-32(28)41(34)51-43)35-20-48-42(50-35)36-15-10-26(5)55(36)45(57)40(25(4)9-2)52-46(58)59;1-4(2)3/h11-14,17-20,24-27,36-37,39-40,52H,8-10,15-16,21-23H2,1-7H3,(H,48,50)(H,49,51)(H,53,60)(H,58,59);4H,1-3H3/t24-,25-,26-,27-,36-,37-,39-,40-;/m0./s1. The van der Waals surface area contributed by atoms with Crippen molar-refractivity contribution in [2.45, 2.75) is 124 Å². The van der Waals surface area contributed by atoms with Crippen LogP contribution in [0, 0.1) is 23.7 Å². The number of carboxylic acid groups (broad SMARTS) is 1. The Morgan fingerprint density at radius 2 is 1.60 bits per heavy atom. The lowest BCUT2D eigenvalue weighted by Crippen LogP contribution is -2.52. The number of benzene rings is 3. The van der Waals surface area contributed by atoms with Crippen LogP contribution in [-0.2, 0) is 25.7 Å². The number of fused-ring (bicyclic) bond motifs is 6. The van der Waals surface area contributed by atoms with E-state index in [1.807, 2.05) is 51.7 Å². The average Bonchev–Trinajstić information content (AvgIpc) is 4.14. The number of likely N-dealkylation sites (tertiary alicyclic amines) is 2. The molecule has 0 unspecified atom stereocenters. The number of amides is 4. The average molecular weight is 921 g/mol. The molecular formula is C51H68N8O8. The van der Waals surface area contributed by atoms with Crippen LogP contribution in [0.5, 0.6) is 5.75 Å². The molecule has 0 spiro atoms. The van der Waals surface area contributed by atoms with E-state index in [0.29, 0.717) is 50.7 Å². The highest BCUT2D eigenvalue weighted by molar-refractivity contribution is 6.07. The van der Waals surface area contributed by atoms with E-state index in [0.717, 1.165) is 74.3 Å². The smallest absolute Gasteiger partial charge is 0.407 e. The lowest BCUT2D eigenvalue weighted by molar-refractivity contribution is -0.137. The topological polar surface area (TPSA) is 204 Å². The Morgan fingerprint density at radius 3 is 2.27 bits per heavy atom. The van der Waals surface area contributed by atoms with Crippen LogP contribution in [0.3, 0.4) is 0 Å². The molecule has 0 saturated carbocycles. The summed E-state index contributed by atoms with van der Waals surface area (Å²) < 4.78 is 16.8. The van der Waals surface area contributed by atoms with Gasteiger partial charge in [-0.05, 0) is 90.3 Å². The summed E-state index contributed by atoms with van der Waals surface area (Å²) in [5, 5.41) is 16.7. The molecule has 16 heteroatoms. The van der Waals surface area contributed by atoms with Gasteiger partial charge >= 0.3 is 12.2 Å². The zero-order chi connectivity index (χ0) is 48.3. The van der Waals surface area contributed by atoms with Crippen LogP contribution in [0.2, 0.25) is 0 Å². The predicted octanol–water partition coefficient (Wildman–Crippen LogP) is 9.37. The fourth-order valence-electron chi connectivity index (χ4n) is 9.71. The molecule has 67 heavy (non-hydrogen) atoms. The Bertz CT molecular complexity index is 2590. The van der Waals surface area contributed by atoms with Gasteiger partial charge in [0.1, 0.15) is 36.1 Å². The second-order valence-corrected chi connectivity index (χ2v) is 19.3. The van der Waals surface area contributed by atoms with Gasteiger partial charge in [0.15, 0.2) is 0 Å². The Kier molecular flexibility index (Phi) is 15.1. The largest absolute Gasteiger partial charge is 0.488 e. The number of imidazole rings is 2. The number of hydrogen-bond donors (Lipinski definition) is 5. The summed E-state index contributed by atoms with van der Waals surface area (Å²) >= 11 is 0. The fourth-order valence-corrected chi connectivity index (χ4v) is 9.71. The predicted molar refractivity (Wildman–Crippen MR) is 257 cm³/mol. The van der Waals surface area contributed by atoms with Crippen LogP contribution in [0.25, 0.3) is 44.2 Å². The molecule has 8 rings (SSSR count). The SMILES string of the molecule is CC(C)C.CC[C@H](C)[C@H](NC(=O)OC)C(=O)N1C[C@@H](COC)C[C@H]1c1nc2c(ccc3cc4c(cc32)OCc2cc(-c3cnc([C@@H]5CC[C@H](C)N5C(=O)[C@@H](NC(=O)O)[C@@H](C)CC)[nH]3)ccc2-4)[nH]1. The number of aromatic nitrogens is 4. The molecule has 0 radical (unpaired) electrons. The van der Waals surface area contributed by atoms with Crippen molar-refractivity contribution in [3.05, 3.63) is 65.9 Å². The number of alkyl carbamates (subject to hydrolysis) is 1. The van der Waals surface area contributed by atoms with Gasteiger partial charge in [0.25, 0.3) is 0 Å². The van der Waals surface area contributed by atoms with Gasteiger partial charge in [-0.3, -0.25) is 9.59 Å². The maximum atomic E-state index is 14.2. The number of methoxy groups -OCH3 is 2. The van der Waals surface area contributed by atoms with Crippen molar-refractivity contribution in [3.63, 3.8) is 0 Å². The van der Waals surface area contributed by atoms with Crippen molar-refractivity contribution in [3.8, 4) is 28.1 Å². The first-order chi connectivity index (χ1) is 32.1. The third-order valence-corrected chi connectivity index (χ3v) is 13.6. The maximum Gasteiger partial charge on any atom is 0.407 e. The number of aromatic amines is 2. The second-order valence-electron chi connectivity index (χ2n) is 19.3. The van der Waals surface area contributed by atoms with E-state index < -0.39 is 24.3 Å². The third-order valence-electron chi connectivity index (χ3n) is 13.6. The van der Waals surface area contributed by atoms with Gasteiger partial charge in [0.2, 0.25) is 11.8 Å². The number of hydrogen-bond acceptors (Lipinski definition) is 9. The zero-order valence-electron chi connectivity index (χ0n) is 40.6. The van der Waals surface area contributed by atoms with Crippen LogP contribution in [0.4, 0.5) is 9.59 Å². The van der Waals surface area contributed by atoms with Crippen molar-refractivity contribution < 1.29 is 38.5 Å². The summed E-state index contributed by atoms with van der Waals surface area (Å²) in [7, 11) is 2.96. The molecule has 360 valence electrons. The van der Waals surface area contributed by atoms with Gasteiger partial charge in [-0.2, -0.15) is 0 Å². The van der Waals surface area contributed by atoms with E-state index in [1.165, 1.54) is 7.11 Å². The van der Waals surface area contributed by atoms with Crippen LogP contribution in [0.1, 0.15) is 117 Å². The molecule has 2 saturated heterocycles. The zero-order valence-corrected chi connectivity index (χ0v) is 40.6. The van der Waals surface area contributed by atoms with Crippen molar-refractivity contribution in [1.82, 2.24) is 40.4 Å². The van der Waals surface area contributed by atoms with Crippen molar-refractivity contribution in [2.75, 3.05) is 27.4 Å². The minimum Gasteiger partial charge on any atom is -0.488 e. The normalized spacial score (nSPS) is 20.6.